The van der Waals surface area contributed by atoms with Crippen LogP contribution in [-0.2, 0) is 11.2 Å². The summed E-state index contributed by atoms with van der Waals surface area (Å²) in [4.78, 5) is 14.5. The lowest BCUT2D eigenvalue weighted by Gasteiger charge is -2.34. The van der Waals surface area contributed by atoms with Gasteiger partial charge in [-0.1, -0.05) is 29.8 Å². The van der Waals surface area contributed by atoms with Gasteiger partial charge in [0.05, 0.1) is 5.69 Å². The molecule has 4 heteroatoms. The minimum atomic E-state index is -0.580. The zero-order valence-corrected chi connectivity index (χ0v) is 14.0. The van der Waals surface area contributed by atoms with E-state index >= 15 is 0 Å². The van der Waals surface area contributed by atoms with E-state index in [1.165, 1.54) is 5.56 Å². The first-order chi connectivity index (χ1) is 11.5. The van der Waals surface area contributed by atoms with Crippen molar-refractivity contribution in [2.45, 2.75) is 26.4 Å². The lowest BCUT2D eigenvalue weighted by molar-refractivity contribution is -0.126. The van der Waals surface area contributed by atoms with Crippen LogP contribution in [0.4, 0.5) is 5.69 Å². The molecular weight excluding hydrogens is 302 g/mol. The number of carbonyl (C=O) groups is 1. The predicted octanol–water partition coefficient (Wildman–Crippen LogP) is 3.53. The average molecular weight is 323 g/mol. The molecule has 0 saturated heterocycles. The Balaban J connectivity index is 1.94. The Morgan fingerprint density at radius 1 is 1.25 bits per heavy atom. The third-order valence-electron chi connectivity index (χ3n) is 4.26. The van der Waals surface area contributed by atoms with Gasteiger partial charge in [0.2, 0.25) is 0 Å². The van der Waals surface area contributed by atoms with Crippen molar-refractivity contribution >= 4 is 11.6 Å². The van der Waals surface area contributed by atoms with E-state index in [-0.39, 0.29) is 11.7 Å². The number of amides is 1. The predicted molar refractivity (Wildman–Crippen MR) is 94.7 cm³/mol. The van der Waals surface area contributed by atoms with Crippen LogP contribution in [0.2, 0.25) is 0 Å². The van der Waals surface area contributed by atoms with E-state index in [1.54, 1.807) is 29.2 Å². The number of aryl methyl sites for hydroxylation is 2. The van der Waals surface area contributed by atoms with Crippen molar-refractivity contribution in [3.63, 3.8) is 0 Å². The van der Waals surface area contributed by atoms with Gasteiger partial charge in [-0.2, -0.15) is 0 Å². The van der Waals surface area contributed by atoms with Gasteiger partial charge in [0.1, 0.15) is 11.5 Å². The molecule has 24 heavy (non-hydrogen) atoms. The first-order valence-electron chi connectivity index (χ1n) is 7.97. The zero-order valence-electron chi connectivity index (χ0n) is 14.0. The average Bonchev–Trinajstić information content (AvgIpc) is 2.54. The fourth-order valence-corrected chi connectivity index (χ4v) is 3.03. The zero-order chi connectivity index (χ0) is 17.3. The Bertz CT molecular complexity index is 797. The summed E-state index contributed by atoms with van der Waals surface area (Å²) >= 11 is 0. The van der Waals surface area contributed by atoms with Crippen molar-refractivity contribution in [3.8, 4) is 11.5 Å². The van der Waals surface area contributed by atoms with E-state index < -0.39 is 6.10 Å². The molecule has 4 nitrogen and oxygen atoms in total. The van der Waals surface area contributed by atoms with Gasteiger partial charge in [-0.25, -0.2) is 0 Å². The lowest BCUT2D eigenvalue weighted by Crippen LogP contribution is -2.47. The summed E-state index contributed by atoms with van der Waals surface area (Å²) in [7, 11) is 0. The molecule has 0 aliphatic carbocycles. The molecule has 3 rings (SSSR count). The highest BCUT2D eigenvalue weighted by Crippen LogP contribution is 2.37. The number of hydrogen-bond donors (Lipinski definition) is 1. The highest BCUT2D eigenvalue weighted by Gasteiger charge is 2.34. The molecule has 1 heterocycles. The second-order valence-electron chi connectivity index (χ2n) is 6.13. The molecule has 1 atom stereocenters. The van der Waals surface area contributed by atoms with Gasteiger partial charge >= 0.3 is 0 Å². The summed E-state index contributed by atoms with van der Waals surface area (Å²) in [6, 6.07) is 11.0. The Morgan fingerprint density at radius 3 is 2.75 bits per heavy atom. The van der Waals surface area contributed by atoms with Gasteiger partial charge in [-0.05, 0) is 37.1 Å². The molecule has 2 aromatic rings. The first kappa shape index (κ1) is 16.1. The van der Waals surface area contributed by atoms with Crippen molar-refractivity contribution in [2.75, 3.05) is 11.4 Å². The summed E-state index contributed by atoms with van der Waals surface area (Å²) in [6.07, 6.45) is 1.60. The number of phenolic OH excluding ortho intramolecular Hbond substituents is 1. The monoisotopic (exact) mass is 323 g/mol. The molecule has 1 unspecified atom stereocenters. The van der Waals surface area contributed by atoms with Crippen molar-refractivity contribution in [2.24, 2.45) is 0 Å². The largest absolute Gasteiger partial charge is 0.508 e. The van der Waals surface area contributed by atoms with Crippen LogP contribution >= 0.6 is 0 Å². The van der Waals surface area contributed by atoms with Crippen LogP contribution in [-0.4, -0.2) is 23.7 Å². The van der Waals surface area contributed by atoms with Crippen LogP contribution in [0, 0.1) is 13.8 Å². The summed E-state index contributed by atoms with van der Waals surface area (Å²) in [5, 5.41) is 9.70. The van der Waals surface area contributed by atoms with E-state index in [9.17, 15) is 9.90 Å². The smallest absolute Gasteiger partial charge is 0.268 e. The summed E-state index contributed by atoms with van der Waals surface area (Å²) in [5.74, 6) is 0.587. The number of benzene rings is 2. The van der Waals surface area contributed by atoms with E-state index in [2.05, 4.69) is 12.6 Å². The lowest BCUT2D eigenvalue weighted by atomic mass is 9.99. The SMILES string of the molecule is C=CCN1C(=O)C(Cc2ccc(C)cc2C)Oc2ccc(O)cc21. The number of aromatic hydroxyl groups is 1. The minimum Gasteiger partial charge on any atom is -0.508 e. The minimum absolute atomic E-state index is 0.104. The van der Waals surface area contributed by atoms with Gasteiger partial charge in [0.25, 0.3) is 5.91 Å². The van der Waals surface area contributed by atoms with Crippen molar-refractivity contribution in [3.05, 3.63) is 65.7 Å². The van der Waals surface area contributed by atoms with Crippen LogP contribution in [0.5, 0.6) is 11.5 Å². The molecule has 0 aromatic heterocycles. The van der Waals surface area contributed by atoms with Gasteiger partial charge in [0, 0.05) is 19.0 Å². The van der Waals surface area contributed by atoms with E-state index in [1.807, 2.05) is 26.0 Å². The number of carbonyl (C=O) groups excluding carboxylic acids is 1. The van der Waals surface area contributed by atoms with Crippen LogP contribution in [0.25, 0.3) is 0 Å². The standard InChI is InChI=1S/C20H21NO3/c1-4-9-21-17-12-16(22)7-8-18(17)24-19(20(21)23)11-15-6-5-13(2)10-14(15)3/h4-8,10,12,19,22H,1,9,11H2,2-3H3. The van der Waals surface area contributed by atoms with Crippen LogP contribution < -0.4 is 9.64 Å². The molecule has 1 aliphatic heterocycles. The normalized spacial score (nSPS) is 16.5. The van der Waals surface area contributed by atoms with Crippen molar-refractivity contribution in [1.82, 2.24) is 0 Å². The molecule has 1 amide bonds. The van der Waals surface area contributed by atoms with E-state index in [0.29, 0.717) is 24.4 Å². The Hall–Kier alpha value is -2.75. The number of ether oxygens (including phenoxy) is 1. The molecule has 1 N–H and O–H groups in total. The number of hydrogen-bond acceptors (Lipinski definition) is 3. The summed E-state index contributed by atoms with van der Waals surface area (Å²) in [5.41, 5.74) is 4.02. The summed E-state index contributed by atoms with van der Waals surface area (Å²) in [6.45, 7) is 8.19. The van der Waals surface area contributed by atoms with Gasteiger partial charge in [-0.15, -0.1) is 6.58 Å². The van der Waals surface area contributed by atoms with Crippen LogP contribution in [0.15, 0.2) is 49.1 Å². The maximum absolute atomic E-state index is 12.8. The molecule has 0 bridgehead atoms. The molecule has 0 saturated carbocycles. The number of nitrogens with zero attached hydrogens (tertiary/aromatic N) is 1. The molecule has 124 valence electrons. The third-order valence-corrected chi connectivity index (χ3v) is 4.26. The van der Waals surface area contributed by atoms with E-state index in [4.69, 9.17) is 4.74 Å². The molecule has 0 fully saturated rings. The number of phenols is 1. The molecule has 0 spiro atoms. The van der Waals surface area contributed by atoms with Crippen molar-refractivity contribution in [1.29, 1.82) is 0 Å². The quantitative estimate of drug-likeness (QED) is 0.876. The Kier molecular flexibility index (Phi) is 4.30. The first-order valence-corrected chi connectivity index (χ1v) is 7.97. The maximum Gasteiger partial charge on any atom is 0.268 e. The number of rotatable bonds is 4. The van der Waals surface area contributed by atoms with Crippen molar-refractivity contribution < 1.29 is 14.6 Å². The number of anilines is 1. The fraction of sp³-hybridized carbons (Fsp3) is 0.250. The van der Waals surface area contributed by atoms with Gasteiger partial charge in [-0.3, -0.25) is 4.79 Å². The topological polar surface area (TPSA) is 49.8 Å². The van der Waals surface area contributed by atoms with E-state index in [0.717, 1.165) is 11.1 Å². The molecule has 0 radical (unpaired) electrons. The Morgan fingerprint density at radius 2 is 2.04 bits per heavy atom. The molecular formula is C20H21NO3. The highest BCUT2D eigenvalue weighted by molar-refractivity contribution is 6.00. The van der Waals surface area contributed by atoms with Crippen LogP contribution in [0.1, 0.15) is 16.7 Å². The van der Waals surface area contributed by atoms with Crippen LogP contribution in [0.3, 0.4) is 0 Å². The summed E-state index contributed by atoms with van der Waals surface area (Å²) < 4.78 is 5.93. The Labute approximate surface area is 142 Å². The third kappa shape index (κ3) is 3.00. The highest BCUT2D eigenvalue weighted by atomic mass is 16.5. The second-order valence-corrected chi connectivity index (χ2v) is 6.13. The molecule has 2 aromatic carbocycles. The number of fused-ring (bicyclic) bond motifs is 1. The van der Waals surface area contributed by atoms with Gasteiger partial charge < -0.3 is 14.7 Å². The fourth-order valence-electron chi connectivity index (χ4n) is 3.03. The second kappa shape index (κ2) is 6.40. The molecule has 1 aliphatic rings. The maximum atomic E-state index is 12.8. The van der Waals surface area contributed by atoms with Gasteiger partial charge in [0.15, 0.2) is 6.10 Å².